The Morgan fingerprint density at radius 1 is 1.07 bits per heavy atom. The first kappa shape index (κ1) is 13.4. The van der Waals surface area contributed by atoms with Crippen molar-refractivity contribution in [1.29, 1.82) is 5.26 Å². The van der Waals surface area contributed by atoms with Crippen LogP contribution in [0.1, 0.15) is 5.56 Å². The molecule has 0 aliphatic rings. The highest BCUT2D eigenvalue weighted by Crippen LogP contribution is 2.17. The van der Waals surface area contributed by atoms with Crippen molar-refractivity contribution in [3.05, 3.63) is 34.9 Å². The van der Waals surface area contributed by atoms with Gasteiger partial charge in [0.25, 0.3) is 0 Å². The monoisotopic (exact) mass is 220 g/mol. The molecule has 1 aromatic rings. The topological polar surface area (TPSA) is 64.2 Å². The van der Waals surface area contributed by atoms with Crippen LogP contribution >= 0.6 is 0 Å². The predicted octanol–water partition coefficient (Wildman–Crippen LogP) is 0.620. The zero-order valence-electron chi connectivity index (χ0n) is 7.01. The van der Waals surface area contributed by atoms with Gasteiger partial charge in [0.1, 0.15) is 17.4 Å². The van der Waals surface area contributed by atoms with Crippen LogP contribution in [0.2, 0.25) is 0 Å². The number of rotatable bonds is 0. The molecule has 0 amide bonds. The normalized spacial score (nSPS) is 8.60. The lowest BCUT2D eigenvalue weighted by molar-refractivity contribution is 0.432. The standard InChI is InChI=1S/C7HF4N.BH2O2/c8-4-1-5(9)7(11)6(10)3(4)2-12;2-1-3/h1H;2-3H. The van der Waals surface area contributed by atoms with E-state index in [0.717, 1.165) is 6.07 Å². The van der Waals surface area contributed by atoms with E-state index in [0.29, 0.717) is 0 Å². The zero-order chi connectivity index (χ0) is 12.0. The Labute approximate surface area is 82.5 Å². The third-order valence-electron chi connectivity index (χ3n) is 1.23. The molecule has 79 valence electrons. The van der Waals surface area contributed by atoms with Crippen molar-refractivity contribution in [2.24, 2.45) is 0 Å². The van der Waals surface area contributed by atoms with Gasteiger partial charge in [-0.25, -0.2) is 17.6 Å². The summed E-state index contributed by atoms with van der Waals surface area (Å²) in [5.41, 5.74) is -1.12. The van der Waals surface area contributed by atoms with Crippen LogP contribution in [-0.4, -0.2) is 17.7 Å². The number of benzene rings is 1. The van der Waals surface area contributed by atoms with Crippen molar-refractivity contribution in [2.45, 2.75) is 0 Å². The van der Waals surface area contributed by atoms with Gasteiger partial charge in [-0.15, -0.1) is 0 Å². The number of nitriles is 1. The first-order chi connectivity index (χ1) is 6.99. The molecular formula is C7H3BF4NO2. The molecule has 1 aromatic carbocycles. The molecule has 2 N–H and O–H groups in total. The van der Waals surface area contributed by atoms with Crippen molar-refractivity contribution < 1.29 is 27.6 Å². The van der Waals surface area contributed by atoms with Gasteiger partial charge in [-0.2, -0.15) is 5.26 Å². The van der Waals surface area contributed by atoms with Gasteiger partial charge in [-0.1, -0.05) is 0 Å². The molecule has 0 heterocycles. The van der Waals surface area contributed by atoms with Crippen molar-refractivity contribution >= 4 is 7.69 Å². The van der Waals surface area contributed by atoms with E-state index in [4.69, 9.17) is 15.3 Å². The minimum atomic E-state index is -1.84. The summed E-state index contributed by atoms with van der Waals surface area (Å²) in [7, 11) is 0. The molecule has 0 spiro atoms. The fourth-order valence-corrected chi connectivity index (χ4v) is 0.669. The van der Waals surface area contributed by atoms with Crippen LogP contribution in [0.15, 0.2) is 6.07 Å². The first-order valence-corrected chi connectivity index (χ1v) is 3.32. The van der Waals surface area contributed by atoms with Gasteiger partial charge in [-0.05, 0) is 0 Å². The number of nitrogens with zero attached hydrogens (tertiary/aromatic N) is 1. The van der Waals surface area contributed by atoms with E-state index in [9.17, 15) is 17.6 Å². The maximum Gasteiger partial charge on any atom is 0.482 e. The molecule has 1 rings (SSSR count). The van der Waals surface area contributed by atoms with Crippen LogP contribution in [0.3, 0.4) is 0 Å². The molecule has 8 heteroatoms. The van der Waals surface area contributed by atoms with E-state index in [1.165, 1.54) is 0 Å². The average Bonchev–Trinajstić information content (AvgIpc) is 2.16. The van der Waals surface area contributed by atoms with E-state index in [2.05, 4.69) is 0 Å². The number of halogens is 4. The van der Waals surface area contributed by atoms with Crippen molar-refractivity contribution in [3.8, 4) is 6.07 Å². The van der Waals surface area contributed by atoms with Crippen molar-refractivity contribution in [1.82, 2.24) is 0 Å². The Hall–Kier alpha value is -1.59. The summed E-state index contributed by atoms with van der Waals surface area (Å²) in [6.07, 6.45) is 0. The van der Waals surface area contributed by atoms with Crippen LogP contribution in [0.25, 0.3) is 0 Å². The molecule has 0 saturated heterocycles. The van der Waals surface area contributed by atoms with E-state index in [1.54, 1.807) is 0 Å². The van der Waals surface area contributed by atoms with E-state index in [1.807, 2.05) is 0 Å². The highest BCUT2D eigenvalue weighted by molar-refractivity contribution is 6.13. The summed E-state index contributed by atoms with van der Waals surface area (Å²) < 4.78 is 49.4. The smallest absolute Gasteiger partial charge is 0.429 e. The molecule has 0 bridgehead atoms. The lowest BCUT2D eigenvalue weighted by Gasteiger charge is -1.97. The Kier molecular flexibility index (Phi) is 5.37. The molecule has 15 heavy (non-hydrogen) atoms. The maximum absolute atomic E-state index is 12.4. The molecular weight excluding hydrogens is 217 g/mol. The van der Waals surface area contributed by atoms with Crippen molar-refractivity contribution in [3.63, 3.8) is 0 Å². The van der Waals surface area contributed by atoms with Gasteiger partial charge in [0.15, 0.2) is 17.5 Å². The third-order valence-corrected chi connectivity index (χ3v) is 1.23. The molecule has 0 aromatic heterocycles. The Balaban J connectivity index is 0.000000583. The Bertz CT molecular complexity index is 394. The molecule has 0 unspecified atom stereocenters. The average molecular weight is 220 g/mol. The van der Waals surface area contributed by atoms with E-state index in [-0.39, 0.29) is 13.8 Å². The molecule has 0 fully saturated rings. The minimum Gasteiger partial charge on any atom is -0.429 e. The van der Waals surface area contributed by atoms with Crippen LogP contribution in [-0.2, 0) is 0 Å². The maximum atomic E-state index is 12.4. The molecule has 0 aliphatic heterocycles. The SMILES string of the molecule is N#Cc1c(F)cc(F)c(F)c1F.O[B]O. The van der Waals surface area contributed by atoms with E-state index < -0.39 is 28.8 Å². The largest absolute Gasteiger partial charge is 0.482 e. The number of hydrogen-bond acceptors (Lipinski definition) is 3. The lowest BCUT2D eigenvalue weighted by Crippen LogP contribution is -1.98. The van der Waals surface area contributed by atoms with Gasteiger partial charge in [0.2, 0.25) is 0 Å². The lowest BCUT2D eigenvalue weighted by atomic mass is 10.2. The van der Waals surface area contributed by atoms with Crippen LogP contribution in [0, 0.1) is 34.6 Å². The zero-order valence-corrected chi connectivity index (χ0v) is 7.01. The summed E-state index contributed by atoms with van der Waals surface area (Å²) in [5.74, 6) is -6.69. The van der Waals surface area contributed by atoms with Crippen LogP contribution in [0.5, 0.6) is 0 Å². The third kappa shape index (κ3) is 3.23. The molecule has 0 aliphatic carbocycles. The first-order valence-electron chi connectivity index (χ1n) is 3.32. The Morgan fingerprint density at radius 2 is 1.53 bits per heavy atom. The van der Waals surface area contributed by atoms with Crippen LogP contribution in [0.4, 0.5) is 17.6 Å². The second-order valence-corrected chi connectivity index (χ2v) is 2.07. The molecule has 3 nitrogen and oxygen atoms in total. The second-order valence-electron chi connectivity index (χ2n) is 2.07. The fraction of sp³-hybridized carbons (Fsp3) is 0. The van der Waals surface area contributed by atoms with Gasteiger partial charge < -0.3 is 10.0 Å². The fourth-order valence-electron chi connectivity index (χ4n) is 0.669. The summed E-state index contributed by atoms with van der Waals surface area (Å²) in [4.78, 5) is 0. The van der Waals surface area contributed by atoms with Crippen LogP contribution < -0.4 is 0 Å². The van der Waals surface area contributed by atoms with Gasteiger partial charge >= 0.3 is 7.69 Å². The highest BCUT2D eigenvalue weighted by atomic mass is 19.2. The predicted molar refractivity (Wildman–Crippen MR) is 41.2 cm³/mol. The highest BCUT2D eigenvalue weighted by Gasteiger charge is 2.18. The van der Waals surface area contributed by atoms with Gasteiger partial charge in [-0.3, -0.25) is 0 Å². The summed E-state index contributed by atoms with van der Waals surface area (Å²) in [6, 6.07) is 1.20. The molecule has 1 radical (unpaired) electrons. The second kappa shape index (κ2) is 6.00. The van der Waals surface area contributed by atoms with E-state index >= 15 is 0 Å². The molecule has 0 atom stereocenters. The van der Waals surface area contributed by atoms with Crippen molar-refractivity contribution in [2.75, 3.05) is 0 Å². The van der Waals surface area contributed by atoms with Gasteiger partial charge in [0, 0.05) is 6.07 Å². The summed E-state index contributed by atoms with van der Waals surface area (Å²) >= 11 is 0. The van der Waals surface area contributed by atoms with Gasteiger partial charge in [0.05, 0.1) is 0 Å². The summed E-state index contributed by atoms with van der Waals surface area (Å²) in [5, 5.41) is 22.1. The summed E-state index contributed by atoms with van der Waals surface area (Å²) in [6.45, 7) is 0. The quantitative estimate of drug-likeness (QED) is 0.291. The number of hydrogen-bond donors (Lipinski definition) is 2. The Morgan fingerprint density at radius 3 is 1.93 bits per heavy atom. The minimum absolute atomic E-state index is 0. The molecule has 0 saturated carbocycles.